The number of pyridine rings is 1. The number of carbonyl (C=O) groups is 1. The van der Waals surface area contributed by atoms with E-state index < -0.39 is 0 Å². The zero-order chi connectivity index (χ0) is 14.7. The van der Waals surface area contributed by atoms with E-state index >= 15 is 0 Å². The molecule has 0 saturated carbocycles. The number of rotatable bonds is 3. The molecule has 6 heteroatoms. The maximum absolute atomic E-state index is 11.8. The van der Waals surface area contributed by atoms with Gasteiger partial charge in [-0.3, -0.25) is 4.79 Å². The normalized spacial score (nSPS) is 12.6. The van der Waals surface area contributed by atoms with Crippen molar-refractivity contribution in [3.8, 4) is 11.5 Å². The minimum absolute atomic E-state index is 0.227. The quantitative estimate of drug-likeness (QED) is 0.885. The van der Waals surface area contributed by atoms with Crippen LogP contribution < -0.4 is 14.8 Å². The van der Waals surface area contributed by atoms with E-state index in [1.165, 1.54) is 12.3 Å². The van der Waals surface area contributed by atoms with E-state index in [1.807, 2.05) is 12.1 Å². The van der Waals surface area contributed by atoms with Gasteiger partial charge in [0.1, 0.15) is 5.82 Å². The molecule has 0 fully saturated rings. The molecule has 2 aromatic rings. The van der Waals surface area contributed by atoms with Crippen LogP contribution in [0.5, 0.6) is 11.5 Å². The van der Waals surface area contributed by atoms with Gasteiger partial charge in [0.25, 0.3) is 0 Å². The first-order chi connectivity index (χ1) is 10.2. The average molecular weight is 303 g/mol. The van der Waals surface area contributed by atoms with Gasteiger partial charge in [-0.25, -0.2) is 4.98 Å². The van der Waals surface area contributed by atoms with Crippen LogP contribution in [0.4, 0.5) is 5.82 Å². The highest BCUT2D eigenvalue weighted by Crippen LogP contribution is 2.32. The largest absolute Gasteiger partial charge is 0.454 e. The van der Waals surface area contributed by atoms with E-state index in [-0.39, 0.29) is 12.7 Å². The lowest BCUT2D eigenvalue weighted by atomic mass is 10.2. The SMILES string of the molecule is O=C(C=Cc1ccc2c(c1)OCO2)Nc1ccc(Cl)cn1. The molecular weight excluding hydrogens is 292 g/mol. The first-order valence-electron chi connectivity index (χ1n) is 6.21. The second kappa shape index (κ2) is 5.85. The zero-order valence-electron chi connectivity index (χ0n) is 10.9. The third kappa shape index (κ3) is 3.32. The van der Waals surface area contributed by atoms with Crippen molar-refractivity contribution < 1.29 is 14.3 Å². The van der Waals surface area contributed by atoms with E-state index in [9.17, 15) is 4.79 Å². The molecule has 5 nitrogen and oxygen atoms in total. The summed E-state index contributed by atoms with van der Waals surface area (Å²) in [6.45, 7) is 0.227. The Hall–Kier alpha value is -2.53. The number of ether oxygens (including phenoxy) is 2. The number of carbonyl (C=O) groups excluding carboxylic acids is 1. The summed E-state index contributed by atoms with van der Waals surface area (Å²) in [6.07, 6.45) is 4.58. The Labute approximate surface area is 126 Å². The number of aromatic nitrogens is 1. The molecule has 0 saturated heterocycles. The molecule has 1 aromatic carbocycles. The Morgan fingerprint density at radius 1 is 1.24 bits per heavy atom. The lowest BCUT2D eigenvalue weighted by Gasteiger charge is -2.01. The van der Waals surface area contributed by atoms with Gasteiger partial charge < -0.3 is 14.8 Å². The number of nitrogens with one attached hydrogen (secondary N) is 1. The van der Waals surface area contributed by atoms with Gasteiger partial charge in [0, 0.05) is 12.3 Å². The molecule has 1 aromatic heterocycles. The lowest BCUT2D eigenvalue weighted by molar-refractivity contribution is -0.111. The van der Waals surface area contributed by atoms with Crippen LogP contribution in [0.15, 0.2) is 42.6 Å². The second-order valence-electron chi connectivity index (χ2n) is 4.30. The predicted octanol–water partition coefficient (Wildman–Crippen LogP) is 3.12. The number of anilines is 1. The minimum atomic E-state index is -0.275. The van der Waals surface area contributed by atoms with Gasteiger partial charge in [0.15, 0.2) is 11.5 Å². The molecule has 0 spiro atoms. The van der Waals surface area contributed by atoms with Crippen LogP contribution in [0.3, 0.4) is 0 Å². The number of hydrogen-bond donors (Lipinski definition) is 1. The van der Waals surface area contributed by atoms with E-state index in [0.29, 0.717) is 22.3 Å². The molecular formula is C15H11ClN2O3. The maximum atomic E-state index is 11.8. The Bertz CT molecular complexity index is 699. The average Bonchev–Trinajstić information content (AvgIpc) is 2.95. The van der Waals surface area contributed by atoms with E-state index in [0.717, 1.165) is 5.56 Å². The van der Waals surface area contributed by atoms with Gasteiger partial charge in [0.2, 0.25) is 12.7 Å². The zero-order valence-corrected chi connectivity index (χ0v) is 11.6. The monoisotopic (exact) mass is 302 g/mol. The molecule has 21 heavy (non-hydrogen) atoms. The summed E-state index contributed by atoms with van der Waals surface area (Å²) < 4.78 is 10.5. The number of benzene rings is 1. The summed E-state index contributed by atoms with van der Waals surface area (Å²) in [4.78, 5) is 15.8. The van der Waals surface area contributed by atoms with Crippen LogP contribution in [-0.4, -0.2) is 17.7 Å². The van der Waals surface area contributed by atoms with Crippen molar-refractivity contribution in [2.45, 2.75) is 0 Å². The molecule has 0 radical (unpaired) electrons. The van der Waals surface area contributed by atoms with Crippen molar-refractivity contribution in [2.24, 2.45) is 0 Å². The first-order valence-corrected chi connectivity index (χ1v) is 6.59. The molecule has 3 rings (SSSR count). The van der Waals surface area contributed by atoms with Crippen molar-refractivity contribution >= 4 is 29.4 Å². The fourth-order valence-electron chi connectivity index (χ4n) is 1.81. The molecule has 1 amide bonds. The van der Waals surface area contributed by atoms with E-state index in [1.54, 1.807) is 24.3 Å². The standard InChI is InChI=1S/C15H11ClN2O3/c16-11-3-5-14(17-8-11)18-15(19)6-2-10-1-4-12-13(7-10)21-9-20-12/h1-8H,9H2,(H,17,18,19). The van der Waals surface area contributed by atoms with Gasteiger partial charge in [-0.05, 0) is 35.9 Å². The Balaban J connectivity index is 1.65. The number of amides is 1. The van der Waals surface area contributed by atoms with Crippen molar-refractivity contribution in [3.63, 3.8) is 0 Å². The van der Waals surface area contributed by atoms with Gasteiger partial charge in [-0.15, -0.1) is 0 Å². The van der Waals surface area contributed by atoms with E-state index in [4.69, 9.17) is 21.1 Å². The highest BCUT2D eigenvalue weighted by atomic mass is 35.5. The summed E-state index contributed by atoms with van der Waals surface area (Å²) >= 11 is 5.72. The van der Waals surface area contributed by atoms with Gasteiger partial charge in [0.05, 0.1) is 5.02 Å². The molecule has 2 heterocycles. The Morgan fingerprint density at radius 3 is 2.90 bits per heavy atom. The van der Waals surface area contributed by atoms with Crippen LogP contribution in [0.25, 0.3) is 6.08 Å². The Kier molecular flexibility index (Phi) is 3.75. The number of hydrogen-bond acceptors (Lipinski definition) is 4. The fourth-order valence-corrected chi connectivity index (χ4v) is 1.92. The van der Waals surface area contributed by atoms with Gasteiger partial charge >= 0.3 is 0 Å². The molecule has 1 N–H and O–H groups in total. The number of nitrogens with zero attached hydrogens (tertiary/aromatic N) is 1. The molecule has 106 valence electrons. The van der Waals surface area contributed by atoms with Crippen molar-refractivity contribution in [1.29, 1.82) is 0 Å². The van der Waals surface area contributed by atoms with Gasteiger partial charge in [-0.2, -0.15) is 0 Å². The summed E-state index contributed by atoms with van der Waals surface area (Å²) in [5.41, 5.74) is 0.846. The summed E-state index contributed by atoms with van der Waals surface area (Å²) in [7, 11) is 0. The van der Waals surface area contributed by atoms with Crippen molar-refractivity contribution in [3.05, 3.63) is 53.2 Å². The highest BCUT2D eigenvalue weighted by molar-refractivity contribution is 6.30. The van der Waals surface area contributed by atoms with Crippen molar-refractivity contribution in [2.75, 3.05) is 12.1 Å². The topological polar surface area (TPSA) is 60.5 Å². The molecule has 1 aliphatic heterocycles. The smallest absolute Gasteiger partial charge is 0.249 e. The third-order valence-electron chi connectivity index (χ3n) is 2.80. The summed E-state index contributed by atoms with van der Waals surface area (Å²) in [5, 5.41) is 3.16. The van der Waals surface area contributed by atoms with Crippen molar-refractivity contribution in [1.82, 2.24) is 4.98 Å². The van der Waals surface area contributed by atoms with Crippen LogP contribution >= 0.6 is 11.6 Å². The van der Waals surface area contributed by atoms with E-state index in [2.05, 4.69) is 10.3 Å². The number of halogens is 1. The predicted molar refractivity (Wildman–Crippen MR) is 79.5 cm³/mol. The molecule has 0 atom stereocenters. The van der Waals surface area contributed by atoms with Crippen LogP contribution in [0, 0.1) is 0 Å². The maximum Gasteiger partial charge on any atom is 0.249 e. The minimum Gasteiger partial charge on any atom is -0.454 e. The molecule has 0 unspecified atom stereocenters. The molecule has 1 aliphatic rings. The highest BCUT2D eigenvalue weighted by Gasteiger charge is 2.12. The van der Waals surface area contributed by atoms with Crippen LogP contribution in [0.1, 0.15) is 5.56 Å². The van der Waals surface area contributed by atoms with Gasteiger partial charge in [-0.1, -0.05) is 17.7 Å². The Morgan fingerprint density at radius 2 is 2.10 bits per heavy atom. The summed E-state index contributed by atoms with van der Waals surface area (Å²) in [5.74, 6) is 1.56. The molecule has 0 bridgehead atoms. The third-order valence-corrected chi connectivity index (χ3v) is 3.03. The number of fused-ring (bicyclic) bond motifs is 1. The van der Waals surface area contributed by atoms with Crippen LogP contribution in [-0.2, 0) is 4.79 Å². The lowest BCUT2D eigenvalue weighted by Crippen LogP contribution is -2.08. The molecule has 0 aliphatic carbocycles. The first kappa shape index (κ1) is 13.5. The fraction of sp³-hybridized carbons (Fsp3) is 0.0667. The summed E-state index contributed by atoms with van der Waals surface area (Å²) in [6, 6.07) is 8.76. The van der Waals surface area contributed by atoms with Crippen LogP contribution in [0.2, 0.25) is 5.02 Å². The second-order valence-corrected chi connectivity index (χ2v) is 4.73.